The van der Waals surface area contributed by atoms with E-state index in [2.05, 4.69) is 5.32 Å². The third-order valence-electron chi connectivity index (χ3n) is 4.90. The number of fused-ring (bicyclic) bond motifs is 1. The molecule has 30 heavy (non-hydrogen) atoms. The minimum Gasteiger partial charge on any atom is -0.454 e. The van der Waals surface area contributed by atoms with Crippen LogP contribution in [-0.4, -0.2) is 47.8 Å². The number of carbonyl (C=O) groups excluding carboxylic acids is 4. The van der Waals surface area contributed by atoms with Gasteiger partial charge in [0, 0.05) is 6.54 Å². The molecular formula is C23H24N2O5. The van der Waals surface area contributed by atoms with Crippen LogP contribution in [0.3, 0.4) is 0 Å². The molecule has 3 rings (SSSR count). The lowest BCUT2D eigenvalue weighted by molar-refractivity contribution is -0.153. The number of amides is 3. The van der Waals surface area contributed by atoms with Gasteiger partial charge in [-0.3, -0.25) is 19.3 Å². The van der Waals surface area contributed by atoms with Crippen LogP contribution in [0.15, 0.2) is 54.6 Å². The van der Waals surface area contributed by atoms with Gasteiger partial charge in [-0.15, -0.1) is 0 Å². The summed E-state index contributed by atoms with van der Waals surface area (Å²) < 4.78 is 5.14. The molecule has 0 saturated heterocycles. The van der Waals surface area contributed by atoms with E-state index in [0.29, 0.717) is 13.0 Å². The van der Waals surface area contributed by atoms with Crippen molar-refractivity contribution < 1.29 is 23.9 Å². The summed E-state index contributed by atoms with van der Waals surface area (Å²) in [4.78, 5) is 51.0. The van der Waals surface area contributed by atoms with Crippen LogP contribution in [0.5, 0.6) is 0 Å². The van der Waals surface area contributed by atoms with E-state index in [4.69, 9.17) is 4.74 Å². The minimum atomic E-state index is -1.10. The topological polar surface area (TPSA) is 92.8 Å². The van der Waals surface area contributed by atoms with Crippen molar-refractivity contribution in [1.29, 1.82) is 0 Å². The first kappa shape index (κ1) is 21.2. The van der Waals surface area contributed by atoms with E-state index in [0.717, 1.165) is 10.5 Å². The number of ether oxygens (including phenoxy) is 1. The van der Waals surface area contributed by atoms with Gasteiger partial charge in [0.2, 0.25) is 0 Å². The van der Waals surface area contributed by atoms with E-state index in [1.54, 1.807) is 38.1 Å². The number of rotatable bonds is 8. The van der Waals surface area contributed by atoms with Crippen LogP contribution in [0.4, 0.5) is 0 Å². The lowest BCUT2D eigenvalue weighted by Gasteiger charge is -2.27. The van der Waals surface area contributed by atoms with E-state index in [-0.39, 0.29) is 17.0 Å². The first-order valence-corrected chi connectivity index (χ1v) is 9.84. The van der Waals surface area contributed by atoms with Gasteiger partial charge in [0.25, 0.3) is 17.7 Å². The van der Waals surface area contributed by atoms with Gasteiger partial charge in [-0.25, -0.2) is 4.79 Å². The van der Waals surface area contributed by atoms with Gasteiger partial charge in [0.1, 0.15) is 6.04 Å². The van der Waals surface area contributed by atoms with Crippen molar-refractivity contribution >= 4 is 23.7 Å². The van der Waals surface area contributed by atoms with Crippen LogP contribution in [0.1, 0.15) is 40.1 Å². The number of hydrogen-bond acceptors (Lipinski definition) is 5. The second kappa shape index (κ2) is 9.35. The highest BCUT2D eigenvalue weighted by Gasteiger charge is 2.44. The number of nitrogens with zero attached hydrogens (tertiary/aromatic N) is 1. The van der Waals surface area contributed by atoms with Crippen molar-refractivity contribution in [2.45, 2.75) is 26.3 Å². The zero-order chi connectivity index (χ0) is 21.7. The monoisotopic (exact) mass is 408 g/mol. The molecule has 1 N–H and O–H groups in total. The van der Waals surface area contributed by atoms with Crippen molar-refractivity contribution in [3.63, 3.8) is 0 Å². The molecule has 0 fully saturated rings. The number of imide groups is 1. The average Bonchev–Trinajstić information content (AvgIpc) is 2.98. The molecule has 0 radical (unpaired) electrons. The molecule has 156 valence electrons. The predicted molar refractivity (Wildman–Crippen MR) is 110 cm³/mol. The Hall–Kier alpha value is -3.48. The maximum Gasteiger partial charge on any atom is 0.330 e. The molecule has 0 aromatic heterocycles. The summed E-state index contributed by atoms with van der Waals surface area (Å²) in [6.07, 6.45) is 0.657. The summed E-state index contributed by atoms with van der Waals surface area (Å²) in [5, 5.41) is 2.69. The lowest BCUT2D eigenvalue weighted by atomic mass is 10.0. The molecule has 0 spiro atoms. The van der Waals surface area contributed by atoms with Crippen molar-refractivity contribution in [3.8, 4) is 0 Å². The Morgan fingerprint density at radius 1 is 0.933 bits per heavy atom. The number of hydrogen-bond donors (Lipinski definition) is 1. The first-order valence-electron chi connectivity index (χ1n) is 9.84. The van der Waals surface area contributed by atoms with E-state index in [1.807, 2.05) is 30.3 Å². The van der Waals surface area contributed by atoms with Crippen molar-refractivity contribution in [2.75, 3.05) is 13.2 Å². The highest BCUT2D eigenvalue weighted by Crippen LogP contribution is 2.27. The molecule has 1 heterocycles. The maximum atomic E-state index is 12.7. The van der Waals surface area contributed by atoms with Crippen LogP contribution in [0, 0.1) is 5.92 Å². The standard InChI is InChI=1S/C23H24N2O5/c1-15(2)20(25-21(27)17-10-6-7-11-18(17)22(25)28)23(29)30-14-19(26)24-13-12-16-8-4-3-5-9-16/h3-11,15,20H,12-14H2,1-2H3,(H,24,26)/t20-/m0/s1. The summed E-state index contributed by atoms with van der Waals surface area (Å²) >= 11 is 0. The van der Waals surface area contributed by atoms with Gasteiger partial charge in [0.15, 0.2) is 6.61 Å². The molecule has 0 aliphatic carbocycles. The Balaban J connectivity index is 1.57. The second-order valence-electron chi connectivity index (χ2n) is 7.41. The second-order valence-corrected chi connectivity index (χ2v) is 7.41. The Labute approximate surface area is 175 Å². The number of carbonyl (C=O) groups is 4. The molecule has 1 aliphatic rings. The molecule has 0 saturated carbocycles. The maximum absolute atomic E-state index is 12.7. The van der Waals surface area contributed by atoms with Crippen LogP contribution in [0.25, 0.3) is 0 Å². The highest BCUT2D eigenvalue weighted by molar-refractivity contribution is 6.22. The summed E-state index contributed by atoms with van der Waals surface area (Å²) in [6.45, 7) is 3.37. The number of esters is 1. The zero-order valence-corrected chi connectivity index (χ0v) is 17.0. The van der Waals surface area contributed by atoms with E-state index < -0.39 is 36.3 Å². The summed E-state index contributed by atoms with van der Waals surface area (Å²) in [6, 6.07) is 15.0. The predicted octanol–water partition coefficient (Wildman–Crippen LogP) is 2.21. The summed E-state index contributed by atoms with van der Waals surface area (Å²) in [7, 11) is 0. The molecular weight excluding hydrogens is 384 g/mol. The zero-order valence-electron chi connectivity index (χ0n) is 17.0. The third kappa shape index (κ3) is 4.56. The smallest absolute Gasteiger partial charge is 0.330 e. The number of benzene rings is 2. The molecule has 2 aromatic carbocycles. The van der Waals surface area contributed by atoms with Gasteiger partial charge in [-0.1, -0.05) is 56.3 Å². The fourth-order valence-corrected chi connectivity index (χ4v) is 3.40. The Morgan fingerprint density at radius 2 is 1.50 bits per heavy atom. The molecule has 3 amide bonds. The van der Waals surface area contributed by atoms with E-state index in [9.17, 15) is 19.2 Å². The lowest BCUT2D eigenvalue weighted by Crippen LogP contribution is -2.49. The third-order valence-corrected chi connectivity index (χ3v) is 4.90. The van der Waals surface area contributed by atoms with Gasteiger partial charge < -0.3 is 10.1 Å². The SMILES string of the molecule is CC(C)[C@@H](C(=O)OCC(=O)NCCc1ccccc1)N1C(=O)c2ccccc2C1=O. The molecule has 7 nitrogen and oxygen atoms in total. The Bertz CT molecular complexity index is 920. The largest absolute Gasteiger partial charge is 0.454 e. The molecule has 2 aromatic rings. The fraction of sp³-hybridized carbons (Fsp3) is 0.304. The van der Waals surface area contributed by atoms with Crippen LogP contribution in [0.2, 0.25) is 0 Å². The van der Waals surface area contributed by atoms with E-state index in [1.165, 1.54) is 0 Å². The molecule has 1 atom stereocenters. The van der Waals surface area contributed by atoms with Crippen LogP contribution >= 0.6 is 0 Å². The van der Waals surface area contributed by atoms with Crippen LogP contribution in [-0.2, 0) is 20.7 Å². The van der Waals surface area contributed by atoms with Gasteiger partial charge in [-0.2, -0.15) is 0 Å². The Kier molecular flexibility index (Phi) is 6.61. The van der Waals surface area contributed by atoms with Gasteiger partial charge >= 0.3 is 5.97 Å². The van der Waals surface area contributed by atoms with Crippen molar-refractivity contribution in [2.24, 2.45) is 5.92 Å². The average molecular weight is 408 g/mol. The first-order chi connectivity index (χ1) is 14.4. The highest BCUT2D eigenvalue weighted by atomic mass is 16.5. The van der Waals surface area contributed by atoms with Crippen molar-refractivity contribution in [3.05, 3.63) is 71.3 Å². The Morgan fingerprint density at radius 3 is 2.07 bits per heavy atom. The molecule has 0 unspecified atom stereocenters. The van der Waals surface area contributed by atoms with Crippen molar-refractivity contribution in [1.82, 2.24) is 10.2 Å². The molecule has 1 aliphatic heterocycles. The summed E-state index contributed by atoms with van der Waals surface area (Å²) in [5.74, 6) is -2.65. The van der Waals surface area contributed by atoms with Crippen LogP contribution < -0.4 is 5.32 Å². The minimum absolute atomic E-state index is 0.264. The number of nitrogens with one attached hydrogen (secondary N) is 1. The molecule has 7 heteroatoms. The summed E-state index contributed by atoms with van der Waals surface area (Å²) in [5.41, 5.74) is 1.61. The fourth-order valence-electron chi connectivity index (χ4n) is 3.40. The van der Waals surface area contributed by atoms with E-state index >= 15 is 0 Å². The normalized spacial score (nSPS) is 13.9. The quantitative estimate of drug-likeness (QED) is 0.534. The molecule has 0 bridgehead atoms. The van der Waals surface area contributed by atoms with Gasteiger partial charge in [0.05, 0.1) is 11.1 Å². The van der Waals surface area contributed by atoms with Gasteiger partial charge in [-0.05, 0) is 30.0 Å².